The first-order chi connectivity index (χ1) is 9.56. The van der Waals surface area contributed by atoms with Crippen molar-refractivity contribution < 1.29 is 19.1 Å². The van der Waals surface area contributed by atoms with Gasteiger partial charge in [0.05, 0.1) is 5.56 Å². The molecule has 0 heterocycles. The Balaban J connectivity index is 2.10. The molecule has 0 aliphatic carbocycles. The van der Waals surface area contributed by atoms with Crippen molar-refractivity contribution in [2.24, 2.45) is 0 Å². The lowest BCUT2D eigenvalue weighted by atomic mass is 10.2. The van der Waals surface area contributed by atoms with Gasteiger partial charge < -0.3 is 9.47 Å². The van der Waals surface area contributed by atoms with E-state index in [0.717, 1.165) is 5.56 Å². The van der Waals surface area contributed by atoms with Gasteiger partial charge in [-0.2, -0.15) is 0 Å². The maximum absolute atomic E-state index is 12.0. The van der Waals surface area contributed by atoms with Crippen LogP contribution < -0.4 is 9.47 Å². The van der Waals surface area contributed by atoms with Gasteiger partial charge >= 0.3 is 11.9 Å². The lowest BCUT2D eigenvalue weighted by Crippen LogP contribution is -2.09. The zero-order valence-corrected chi connectivity index (χ0v) is 11.3. The molecule has 2 aromatic carbocycles. The van der Waals surface area contributed by atoms with Gasteiger partial charge in [0.15, 0.2) is 0 Å². The van der Waals surface area contributed by atoms with Crippen LogP contribution in [0.5, 0.6) is 11.5 Å². The highest BCUT2D eigenvalue weighted by atomic mass is 16.5. The minimum Gasteiger partial charge on any atom is -0.427 e. The number of hydrogen-bond acceptors (Lipinski definition) is 4. The van der Waals surface area contributed by atoms with Crippen LogP contribution in [0.1, 0.15) is 22.8 Å². The van der Waals surface area contributed by atoms with Crippen LogP contribution in [0.2, 0.25) is 0 Å². The molecular weight excluding hydrogens is 256 g/mol. The summed E-state index contributed by atoms with van der Waals surface area (Å²) in [5, 5.41) is 0. The fourth-order valence-electron chi connectivity index (χ4n) is 1.65. The standard InChI is InChI=1S/C16H14O4/c1-11-5-3-4-6-15(11)20-16(18)13-7-9-14(10-8-13)19-12(2)17/h3-10H,1-2H3. The third-order valence-corrected chi connectivity index (χ3v) is 2.65. The molecule has 0 spiro atoms. The van der Waals surface area contributed by atoms with Gasteiger partial charge in [-0.1, -0.05) is 18.2 Å². The average Bonchev–Trinajstić information content (AvgIpc) is 2.41. The Kier molecular flexibility index (Phi) is 4.15. The summed E-state index contributed by atoms with van der Waals surface area (Å²) >= 11 is 0. The number of benzene rings is 2. The second kappa shape index (κ2) is 6.02. The molecule has 0 aromatic heterocycles. The zero-order valence-electron chi connectivity index (χ0n) is 11.3. The van der Waals surface area contributed by atoms with Gasteiger partial charge in [-0.3, -0.25) is 4.79 Å². The van der Waals surface area contributed by atoms with E-state index >= 15 is 0 Å². The first kappa shape index (κ1) is 13.8. The molecule has 2 rings (SSSR count). The van der Waals surface area contributed by atoms with Gasteiger partial charge in [0.25, 0.3) is 0 Å². The molecule has 0 bridgehead atoms. The molecule has 0 unspecified atom stereocenters. The third kappa shape index (κ3) is 3.45. The molecule has 2 aromatic rings. The maximum atomic E-state index is 12.0. The summed E-state index contributed by atoms with van der Waals surface area (Å²) in [6.45, 7) is 3.19. The summed E-state index contributed by atoms with van der Waals surface area (Å²) in [5.74, 6) is 0.0698. The minimum absolute atomic E-state index is 0.393. The first-order valence-corrected chi connectivity index (χ1v) is 6.12. The number of esters is 2. The van der Waals surface area contributed by atoms with E-state index in [1.54, 1.807) is 36.4 Å². The van der Waals surface area contributed by atoms with Crippen molar-refractivity contribution in [3.63, 3.8) is 0 Å². The largest absolute Gasteiger partial charge is 0.427 e. The molecule has 102 valence electrons. The zero-order chi connectivity index (χ0) is 14.5. The highest BCUT2D eigenvalue weighted by Gasteiger charge is 2.10. The molecule has 0 saturated heterocycles. The molecular formula is C16H14O4. The molecule has 0 aliphatic rings. The van der Waals surface area contributed by atoms with E-state index in [4.69, 9.17) is 9.47 Å². The Morgan fingerprint density at radius 1 is 0.900 bits per heavy atom. The molecule has 20 heavy (non-hydrogen) atoms. The summed E-state index contributed by atoms with van der Waals surface area (Å²) in [4.78, 5) is 22.8. The minimum atomic E-state index is -0.450. The van der Waals surface area contributed by atoms with Crippen LogP contribution in [0.3, 0.4) is 0 Å². The van der Waals surface area contributed by atoms with E-state index in [1.165, 1.54) is 6.92 Å². The van der Waals surface area contributed by atoms with E-state index in [-0.39, 0.29) is 0 Å². The van der Waals surface area contributed by atoms with Crippen molar-refractivity contribution >= 4 is 11.9 Å². The molecule has 0 fully saturated rings. The summed E-state index contributed by atoms with van der Waals surface area (Å²) in [6.07, 6.45) is 0. The van der Waals surface area contributed by atoms with Crippen LogP contribution in [-0.2, 0) is 4.79 Å². The van der Waals surface area contributed by atoms with Gasteiger partial charge in [0, 0.05) is 6.92 Å². The number of rotatable bonds is 3. The predicted molar refractivity (Wildman–Crippen MR) is 73.9 cm³/mol. The number of para-hydroxylation sites is 1. The smallest absolute Gasteiger partial charge is 0.343 e. The molecule has 0 saturated carbocycles. The lowest BCUT2D eigenvalue weighted by Gasteiger charge is -2.07. The monoisotopic (exact) mass is 270 g/mol. The third-order valence-electron chi connectivity index (χ3n) is 2.65. The van der Waals surface area contributed by atoms with Crippen LogP contribution >= 0.6 is 0 Å². The van der Waals surface area contributed by atoms with E-state index in [2.05, 4.69) is 0 Å². The van der Waals surface area contributed by atoms with Gasteiger partial charge in [-0.25, -0.2) is 4.79 Å². The Labute approximate surface area is 116 Å². The Bertz CT molecular complexity index is 629. The van der Waals surface area contributed by atoms with Crippen LogP contribution in [-0.4, -0.2) is 11.9 Å². The Morgan fingerprint density at radius 2 is 1.55 bits per heavy atom. The molecule has 0 amide bonds. The SMILES string of the molecule is CC(=O)Oc1ccc(C(=O)Oc2ccccc2C)cc1. The van der Waals surface area contributed by atoms with Crippen LogP contribution in [0, 0.1) is 6.92 Å². The van der Waals surface area contributed by atoms with Gasteiger partial charge in [-0.05, 0) is 42.8 Å². The quantitative estimate of drug-likeness (QED) is 0.635. The summed E-state index contributed by atoms with van der Waals surface area (Å²) in [7, 11) is 0. The number of carbonyl (C=O) groups excluding carboxylic acids is 2. The Hall–Kier alpha value is -2.62. The van der Waals surface area contributed by atoms with E-state index in [1.807, 2.05) is 19.1 Å². The van der Waals surface area contributed by atoms with Crippen molar-refractivity contribution in [3.05, 3.63) is 59.7 Å². The molecule has 0 aliphatic heterocycles. The number of ether oxygens (including phenoxy) is 2. The van der Waals surface area contributed by atoms with Gasteiger partial charge in [0.1, 0.15) is 11.5 Å². The maximum Gasteiger partial charge on any atom is 0.343 e. The predicted octanol–water partition coefficient (Wildman–Crippen LogP) is 3.14. The fourth-order valence-corrected chi connectivity index (χ4v) is 1.65. The second-order valence-corrected chi connectivity index (χ2v) is 4.27. The van der Waals surface area contributed by atoms with E-state index in [9.17, 15) is 9.59 Å². The van der Waals surface area contributed by atoms with Gasteiger partial charge in [0.2, 0.25) is 0 Å². The van der Waals surface area contributed by atoms with Crippen LogP contribution in [0.4, 0.5) is 0 Å². The fraction of sp³-hybridized carbons (Fsp3) is 0.125. The number of hydrogen-bond donors (Lipinski definition) is 0. The molecule has 4 nitrogen and oxygen atoms in total. The molecule has 0 radical (unpaired) electrons. The Morgan fingerprint density at radius 3 is 2.15 bits per heavy atom. The number of carbonyl (C=O) groups is 2. The van der Waals surface area contributed by atoms with E-state index in [0.29, 0.717) is 17.1 Å². The van der Waals surface area contributed by atoms with Crippen LogP contribution in [0.15, 0.2) is 48.5 Å². The number of aryl methyl sites for hydroxylation is 1. The summed E-state index contributed by atoms with van der Waals surface area (Å²) in [6, 6.07) is 13.5. The van der Waals surface area contributed by atoms with Crippen molar-refractivity contribution in [2.45, 2.75) is 13.8 Å². The highest BCUT2D eigenvalue weighted by Crippen LogP contribution is 2.19. The first-order valence-electron chi connectivity index (χ1n) is 6.12. The van der Waals surface area contributed by atoms with Crippen molar-refractivity contribution in [1.82, 2.24) is 0 Å². The molecule has 0 N–H and O–H groups in total. The normalized spacial score (nSPS) is 9.90. The highest BCUT2D eigenvalue weighted by molar-refractivity contribution is 5.91. The molecule has 0 atom stereocenters. The topological polar surface area (TPSA) is 52.6 Å². The lowest BCUT2D eigenvalue weighted by molar-refractivity contribution is -0.131. The van der Waals surface area contributed by atoms with Crippen molar-refractivity contribution in [2.75, 3.05) is 0 Å². The summed E-state index contributed by atoms with van der Waals surface area (Å²) in [5.41, 5.74) is 1.28. The summed E-state index contributed by atoms with van der Waals surface area (Å²) < 4.78 is 10.2. The van der Waals surface area contributed by atoms with Gasteiger partial charge in [-0.15, -0.1) is 0 Å². The molecule has 4 heteroatoms. The van der Waals surface area contributed by atoms with Crippen LogP contribution in [0.25, 0.3) is 0 Å². The average molecular weight is 270 g/mol. The van der Waals surface area contributed by atoms with E-state index < -0.39 is 11.9 Å². The second-order valence-electron chi connectivity index (χ2n) is 4.27. The van der Waals surface area contributed by atoms with Crippen molar-refractivity contribution in [3.8, 4) is 11.5 Å². The van der Waals surface area contributed by atoms with Crippen molar-refractivity contribution in [1.29, 1.82) is 0 Å².